The molecule has 2 N–H and O–H groups in total. The number of rotatable bonds is 8. The fourth-order valence-electron chi connectivity index (χ4n) is 3.82. The van der Waals surface area contributed by atoms with Crippen molar-refractivity contribution in [3.8, 4) is 0 Å². The summed E-state index contributed by atoms with van der Waals surface area (Å²) in [5.41, 5.74) is 3.38. The smallest absolute Gasteiger partial charge is 0.329 e. The fourth-order valence-corrected chi connectivity index (χ4v) is 3.82. The molecular formula is C27H24N2O4. The lowest BCUT2D eigenvalue weighted by molar-refractivity contribution is -0.144. The third kappa shape index (κ3) is 5.18. The molecule has 1 amide bonds. The van der Waals surface area contributed by atoms with Crippen LogP contribution in [-0.2, 0) is 16.0 Å². The number of aromatic nitrogens is 1. The zero-order chi connectivity index (χ0) is 23.2. The normalized spacial score (nSPS) is 11.7. The molecule has 0 aliphatic rings. The number of nitrogens with one attached hydrogen (secondary N) is 2. The minimum absolute atomic E-state index is 0.249. The Hall–Kier alpha value is -4.19. The van der Waals surface area contributed by atoms with Gasteiger partial charge in [0.25, 0.3) is 5.91 Å². The predicted octanol–water partition coefficient (Wildman–Crippen LogP) is 4.24. The molecule has 0 fully saturated rings. The molecule has 6 nitrogen and oxygen atoms in total. The molecule has 1 heterocycles. The van der Waals surface area contributed by atoms with Gasteiger partial charge >= 0.3 is 5.97 Å². The molecule has 6 heteroatoms. The number of aryl methyl sites for hydroxylation is 1. The SMILES string of the molecule is Cc1[nH]c2ccccc2c1C(=O)COC(=O)C(Cc1ccccc1)NC(=O)c1ccccc1. The first kappa shape index (κ1) is 22.0. The molecule has 0 saturated heterocycles. The van der Waals surface area contributed by atoms with Crippen molar-refractivity contribution in [2.45, 2.75) is 19.4 Å². The molecule has 0 saturated carbocycles. The number of esters is 1. The third-order valence-corrected chi connectivity index (χ3v) is 5.43. The number of hydrogen-bond donors (Lipinski definition) is 2. The molecule has 0 bridgehead atoms. The van der Waals surface area contributed by atoms with E-state index < -0.39 is 18.6 Å². The van der Waals surface area contributed by atoms with Crippen LogP contribution in [0.4, 0.5) is 0 Å². The van der Waals surface area contributed by atoms with Gasteiger partial charge in [-0.15, -0.1) is 0 Å². The van der Waals surface area contributed by atoms with Gasteiger partial charge in [-0.1, -0.05) is 66.7 Å². The van der Waals surface area contributed by atoms with Crippen molar-refractivity contribution in [1.82, 2.24) is 10.3 Å². The molecule has 0 radical (unpaired) electrons. The minimum Gasteiger partial charge on any atom is -0.456 e. The van der Waals surface area contributed by atoms with Crippen molar-refractivity contribution in [1.29, 1.82) is 0 Å². The molecule has 3 aromatic carbocycles. The van der Waals surface area contributed by atoms with Gasteiger partial charge in [-0.3, -0.25) is 9.59 Å². The average Bonchev–Trinajstić information content (AvgIpc) is 3.18. The van der Waals surface area contributed by atoms with Crippen molar-refractivity contribution >= 4 is 28.6 Å². The van der Waals surface area contributed by atoms with Crippen LogP contribution < -0.4 is 5.32 Å². The highest BCUT2D eigenvalue weighted by Gasteiger charge is 2.25. The Labute approximate surface area is 191 Å². The lowest BCUT2D eigenvalue weighted by Crippen LogP contribution is -2.43. The summed E-state index contributed by atoms with van der Waals surface area (Å²) >= 11 is 0. The lowest BCUT2D eigenvalue weighted by atomic mass is 10.1. The summed E-state index contributed by atoms with van der Waals surface area (Å²) in [6, 6.07) is 24.5. The second kappa shape index (κ2) is 9.96. The molecule has 1 atom stereocenters. The number of carbonyl (C=O) groups excluding carboxylic acids is 3. The molecule has 4 aromatic rings. The Bertz CT molecular complexity index is 1280. The van der Waals surface area contributed by atoms with E-state index in [0.717, 1.165) is 22.2 Å². The van der Waals surface area contributed by atoms with Gasteiger partial charge in [0.15, 0.2) is 6.61 Å². The van der Waals surface area contributed by atoms with E-state index in [1.165, 1.54) is 0 Å². The van der Waals surface area contributed by atoms with Crippen LogP contribution in [-0.4, -0.2) is 35.3 Å². The number of benzene rings is 3. The Kier molecular flexibility index (Phi) is 6.64. The van der Waals surface area contributed by atoms with Gasteiger partial charge in [0, 0.05) is 34.1 Å². The van der Waals surface area contributed by atoms with Crippen LogP contribution in [0.3, 0.4) is 0 Å². The number of ketones is 1. The van der Waals surface area contributed by atoms with Crippen LogP contribution in [0.1, 0.15) is 32.0 Å². The molecule has 4 rings (SSSR count). The maximum Gasteiger partial charge on any atom is 0.329 e. The average molecular weight is 440 g/mol. The number of fused-ring (bicyclic) bond motifs is 1. The topological polar surface area (TPSA) is 88.3 Å². The number of para-hydroxylation sites is 1. The Morgan fingerprint density at radius 3 is 2.24 bits per heavy atom. The number of H-pyrrole nitrogens is 1. The molecule has 0 aliphatic carbocycles. The quantitative estimate of drug-likeness (QED) is 0.317. The van der Waals surface area contributed by atoms with Crippen LogP contribution in [0.5, 0.6) is 0 Å². The van der Waals surface area contributed by atoms with Crippen molar-refractivity contribution in [3.05, 3.63) is 107 Å². The standard InChI is InChI=1S/C27H24N2O4/c1-18-25(21-14-8-9-15-22(21)28-18)24(30)17-33-27(32)23(16-19-10-4-2-5-11-19)29-26(31)20-12-6-3-7-13-20/h2-15,23,28H,16-17H2,1H3,(H,29,31). The summed E-state index contributed by atoms with van der Waals surface area (Å²) in [5.74, 6) is -1.34. The van der Waals surface area contributed by atoms with E-state index in [1.54, 1.807) is 24.3 Å². The molecule has 1 aromatic heterocycles. The van der Waals surface area contributed by atoms with Gasteiger partial charge in [-0.25, -0.2) is 4.79 Å². The monoisotopic (exact) mass is 440 g/mol. The van der Waals surface area contributed by atoms with Crippen LogP contribution in [0.25, 0.3) is 10.9 Å². The highest BCUT2D eigenvalue weighted by atomic mass is 16.5. The fraction of sp³-hybridized carbons (Fsp3) is 0.148. The van der Waals surface area contributed by atoms with Crippen molar-refractivity contribution in [3.63, 3.8) is 0 Å². The maximum atomic E-state index is 12.9. The van der Waals surface area contributed by atoms with Gasteiger partial charge in [0.05, 0.1) is 0 Å². The summed E-state index contributed by atoms with van der Waals surface area (Å²) in [7, 11) is 0. The minimum atomic E-state index is -0.933. The Morgan fingerprint density at radius 1 is 0.879 bits per heavy atom. The van der Waals surface area contributed by atoms with Gasteiger partial charge < -0.3 is 15.0 Å². The number of carbonyl (C=O) groups is 3. The second-order valence-electron chi connectivity index (χ2n) is 7.78. The van der Waals surface area contributed by atoms with Crippen molar-refractivity contribution in [2.75, 3.05) is 6.61 Å². The summed E-state index contributed by atoms with van der Waals surface area (Å²) in [6.45, 7) is 1.40. The van der Waals surface area contributed by atoms with E-state index in [-0.39, 0.29) is 18.1 Å². The number of Topliss-reactive ketones (excluding diaryl/α,β-unsaturated/α-hetero) is 1. The summed E-state index contributed by atoms with van der Waals surface area (Å²) in [4.78, 5) is 41.7. The van der Waals surface area contributed by atoms with Crippen LogP contribution in [0.15, 0.2) is 84.9 Å². The van der Waals surface area contributed by atoms with Gasteiger partial charge in [-0.2, -0.15) is 0 Å². The van der Waals surface area contributed by atoms with E-state index >= 15 is 0 Å². The largest absolute Gasteiger partial charge is 0.456 e. The van der Waals surface area contributed by atoms with Crippen LogP contribution in [0, 0.1) is 6.92 Å². The molecule has 0 aliphatic heterocycles. The van der Waals surface area contributed by atoms with E-state index in [9.17, 15) is 14.4 Å². The molecule has 0 spiro atoms. The first-order valence-corrected chi connectivity index (χ1v) is 10.7. The molecule has 1 unspecified atom stereocenters. The van der Waals surface area contributed by atoms with Crippen LogP contribution >= 0.6 is 0 Å². The Morgan fingerprint density at radius 2 is 1.52 bits per heavy atom. The zero-order valence-corrected chi connectivity index (χ0v) is 18.2. The highest BCUT2D eigenvalue weighted by molar-refractivity contribution is 6.10. The maximum absolute atomic E-state index is 12.9. The lowest BCUT2D eigenvalue weighted by Gasteiger charge is -2.18. The van der Waals surface area contributed by atoms with E-state index in [0.29, 0.717) is 11.1 Å². The van der Waals surface area contributed by atoms with E-state index in [4.69, 9.17) is 4.74 Å². The number of aromatic amines is 1. The van der Waals surface area contributed by atoms with E-state index in [1.807, 2.05) is 67.6 Å². The summed E-state index contributed by atoms with van der Waals surface area (Å²) < 4.78 is 5.39. The second-order valence-corrected chi connectivity index (χ2v) is 7.78. The summed E-state index contributed by atoms with van der Waals surface area (Å²) in [6.07, 6.45) is 0.249. The first-order valence-electron chi connectivity index (χ1n) is 10.7. The molecule has 33 heavy (non-hydrogen) atoms. The molecule has 166 valence electrons. The first-order chi connectivity index (χ1) is 16.0. The van der Waals surface area contributed by atoms with Gasteiger partial charge in [0.2, 0.25) is 5.78 Å². The van der Waals surface area contributed by atoms with Crippen LogP contribution in [0.2, 0.25) is 0 Å². The zero-order valence-electron chi connectivity index (χ0n) is 18.2. The van der Waals surface area contributed by atoms with Gasteiger partial charge in [0.1, 0.15) is 6.04 Å². The van der Waals surface area contributed by atoms with Crippen molar-refractivity contribution in [2.24, 2.45) is 0 Å². The number of amides is 1. The van der Waals surface area contributed by atoms with Gasteiger partial charge in [-0.05, 0) is 30.7 Å². The van der Waals surface area contributed by atoms with Crippen molar-refractivity contribution < 1.29 is 19.1 Å². The predicted molar refractivity (Wildman–Crippen MR) is 126 cm³/mol. The molecular weight excluding hydrogens is 416 g/mol. The van der Waals surface area contributed by atoms with E-state index in [2.05, 4.69) is 10.3 Å². The summed E-state index contributed by atoms with van der Waals surface area (Å²) in [5, 5.41) is 3.54. The Balaban J connectivity index is 1.49. The highest BCUT2D eigenvalue weighted by Crippen LogP contribution is 2.22. The third-order valence-electron chi connectivity index (χ3n) is 5.43. The number of ether oxygens (including phenoxy) is 1. The number of hydrogen-bond acceptors (Lipinski definition) is 4.